The molecule has 0 aromatic carbocycles. The first kappa shape index (κ1) is 12.9. The molecule has 1 heterocycles. The van der Waals surface area contributed by atoms with Gasteiger partial charge in [0, 0.05) is 32.8 Å². The highest BCUT2D eigenvalue weighted by molar-refractivity contribution is 4.84. The van der Waals surface area contributed by atoms with Crippen LogP contribution in [0.15, 0.2) is 0 Å². The van der Waals surface area contributed by atoms with Crippen molar-refractivity contribution in [2.24, 2.45) is 5.92 Å². The maximum absolute atomic E-state index is 5.34. The summed E-state index contributed by atoms with van der Waals surface area (Å²) in [5.74, 6) is 0.801. The molecular formula is C12H26N2O. The average molecular weight is 214 g/mol. The Bertz CT molecular complexity index is 175. The molecule has 0 radical (unpaired) electrons. The van der Waals surface area contributed by atoms with Crippen LogP contribution in [0.25, 0.3) is 0 Å². The van der Waals surface area contributed by atoms with E-state index in [1.54, 1.807) is 7.11 Å². The zero-order valence-corrected chi connectivity index (χ0v) is 10.6. The first-order valence-electron chi connectivity index (χ1n) is 6.10. The van der Waals surface area contributed by atoms with Gasteiger partial charge in [-0.15, -0.1) is 0 Å². The zero-order valence-electron chi connectivity index (χ0n) is 10.6. The molecule has 0 aliphatic carbocycles. The normalized spacial score (nSPS) is 28.6. The maximum Gasteiger partial charge on any atom is 0.0711 e. The van der Waals surface area contributed by atoms with Gasteiger partial charge in [0.15, 0.2) is 0 Å². The fourth-order valence-electron chi connectivity index (χ4n) is 2.21. The fraction of sp³-hybridized carbons (Fsp3) is 1.00. The monoisotopic (exact) mass is 214 g/mol. The van der Waals surface area contributed by atoms with Crippen LogP contribution < -0.4 is 5.32 Å². The first-order valence-corrected chi connectivity index (χ1v) is 6.10. The highest BCUT2D eigenvalue weighted by atomic mass is 16.5. The molecule has 3 atom stereocenters. The van der Waals surface area contributed by atoms with Crippen molar-refractivity contribution in [3.05, 3.63) is 0 Å². The average Bonchev–Trinajstić information content (AvgIpc) is 2.65. The highest BCUT2D eigenvalue weighted by Gasteiger charge is 2.24. The van der Waals surface area contributed by atoms with E-state index in [9.17, 15) is 0 Å². The topological polar surface area (TPSA) is 24.5 Å². The minimum Gasteiger partial charge on any atom is -0.380 e. The second-order valence-electron chi connectivity index (χ2n) is 4.93. The van der Waals surface area contributed by atoms with Gasteiger partial charge in [-0.2, -0.15) is 0 Å². The number of rotatable bonds is 6. The van der Waals surface area contributed by atoms with Crippen LogP contribution in [0.4, 0.5) is 0 Å². The van der Waals surface area contributed by atoms with E-state index in [1.165, 1.54) is 13.0 Å². The predicted octanol–water partition coefficient (Wildman–Crippen LogP) is 1.34. The molecule has 1 rings (SSSR count). The summed E-state index contributed by atoms with van der Waals surface area (Å²) in [5, 5.41) is 3.51. The molecule has 0 amide bonds. The Hall–Kier alpha value is -0.120. The molecule has 90 valence electrons. The smallest absolute Gasteiger partial charge is 0.0711 e. The minimum atomic E-state index is 0.423. The molecule has 0 saturated carbocycles. The number of nitrogens with zero attached hydrogens (tertiary/aromatic N) is 1. The van der Waals surface area contributed by atoms with E-state index < -0.39 is 0 Å². The summed E-state index contributed by atoms with van der Waals surface area (Å²) < 4.78 is 5.34. The summed E-state index contributed by atoms with van der Waals surface area (Å²) in [6.07, 6.45) is 2.84. The zero-order chi connectivity index (χ0) is 11.3. The molecule has 15 heavy (non-hydrogen) atoms. The van der Waals surface area contributed by atoms with Gasteiger partial charge in [-0.1, -0.05) is 20.3 Å². The number of nitrogens with one attached hydrogen (secondary N) is 1. The van der Waals surface area contributed by atoms with E-state index in [0.29, 0.717) is 12.1 Å². The maximum atomic E-state index is 5.34. The van der Waals surface area contributed by atoms with Gasteiger partial charge in [-0.3, -0.25) is 0 Å². The van der Waals surface area contributed by atoms with Crippen molar-refractivity contribution in [1.29, 1.82) is 0 Å². The van der Waals surface area contributed by atoms with E-state index in [1.807, 2.05) is 0 Å². The quantitative estimate of drug-likeness (QED) is 0.722. The van der Waals surface area contributed by atoms with Gasteiger partial charge in [0.05, 0.1) is 6.10 Å². The van der Waals surface area contributed by atoms with Crippen LogP contribution in [0, 0.1) is 5.92 Å². The molecule has 0 aromatic heterocycles. The van der Waals surface area contributed by atoms with Crippen LogP contribution >= 0.6 is 0 Å². The summed E-state index contributed by atoms with van der Waals surface area (Å²) in [4.78, 5) is 2.43. The fourth-order valence-corrected chi connectivity index (χ4v) is 2.21. The second-order valence-corrected chi connectivity index (χ2v) is 4.93. The number of hydrogen-bond donors (Lipinski definition) is 1. The second kappa shape index (κ2) is 6.46. The third-order valence-electron chi connectivity index (χ3n) is 3.37. The lowest BCUT2D eigenvalue weighted by Gasteiger charge is -2.23. The third-order valence-corrected chi connectivity index (χ3v) is 3.37. The summed E-state index contributed by atoms with van der Waals surface area (Å²) >= 11 is 0. The van der Waals surface area contributed by atoms with Crippen LogP contribution in [0.1, 0.15) is 26.7 Å². The molecule has 0 aromatic rings. The lowest BCUT2D eigenvalue weighted by atomic mass is 10.1. The summed E-state index contributed by atoms with van der Waals surface area (Å²) in [6.45, 7) is 7.93. The van der Waals surface area contributed by atoms with E-state index in [4.69, 9.17) is 4.74 Å². The van der Waals surface area contributed by atoms with E-state index in [2.05, 4.69) is 31.1 Å². The predicted molar refractivity (Wildman–Crippen MR) is 64.2 cm³/mol. The number of hydrogen-bond acceptors (Lipinski definition) is 3. The molecule has 1 saturated heterocycles. The number of likely N-dealkylation sites (N-methyl/N-ethyl adjacent to an activating group) is 1. The Labute approximate surface area is 94.2 Å². The molecule has 1 aliphatic rings. The van der Waals surface area contributed by atoms with E-state index >= 15 is 0 Å². The van der Waals surface area contributed by atoms with E-state index in [0.717, 1.165) is 25.4 Å². The Kier molecular flexibility index (Phi) is 5.58. The van der Waals surface area contributed by atoms with Crippen molar-refractivity contribution in [2.45, 2.75) is 38.8 Å². The van der Waals surface area contributed by atoms with Crippen LogP contribution in [0.2, 0.25) is 0 Å². The molecule has 1 fully saturated rings. The molecule has 1 aliphatic heterocycles. The molecule has 0 spiro atoms. The van der Waals surface area contributed by atoms with Crippen molar-refractivity contribution < 1.29 is 4.74 Å². The number of methoxy groups -OCH3 is 1. The first-order chi connectivity index (χ1) is 7.15. The summed E-state index contributed by atoms with van der Waals surface area (Å²) in [5.41, 5.74) is 0. The Morgan fingerprint density at radius 2 is 2.27 bits per heavy atom. The Balaban J connectivity index is 2.18. The molecule has 3 nitrogen and oxygen atoms in total. The van der Waals surface area contributed by atoms with Crippen molar-refractivity contribution in [2.75, 3.05) is 33.8 Å². The lowest BCUT2D eigenvalue weighted by Crippen LogP contribution is -2.37. The van der Waals surface area contributed by atoms with Crippen molar-refractivity contribution >= 4 is 0 Å². The van der Waals surface area contributed by atoms with Gasteiger partial charge >= 0.3 is 0 Å². The van der Waals surface area contributed by atoms with Gasteiger partial charge in [0.1, 0.15) is 0 Å². The Morgan fingerprint density at radius 1 is 1.53 bits per heavy atom. The Morgan fingerprint density at radius 3 is 2.80 bits per heavy atom. The van der Waals surface area contributed by atoms with Gasteiger partial charge in [-0.25, -0.2) is 0 Å². The van der Waals surface area contributed by atoms with Crippen molar-refractivity contribution in [1.82, 2.24) is 10.2 Å². The third kappa shape index (κ3) is 4.49. The van der Waals surface area contributed by atoms with Crippen LogP contribution in [-0.4, -0.2) is 50.8 Å². The van der Waals surface area contributed by atoms with Crippen LogP contribution in [0.5, 0.6) is 0 Å². The van der Waals surface area contributed by atoms with E-state index in [-0.39, 0.29) is 0 Å². The van der Waals surface area contributed by atoms with Gasteiger partial charge in [-0.05, 0) is 19.4 Å². The SMILES string of the molecule is CCC(C)CN(C)CC1CC(OC)CN1. The lowest BCUT2D eigenvalue weighted by molar-refractivity contribution is 0.116. The van der Waals surface area contributed by atoms with Crippen LogP contribution in [-0.2, 0) is 4.74 Å². The standard InChI is InChI=1S/C12H26N2O/c1-5-10(2)8-14(3)9-11-6-12(15-4)7-13-11/h10-13H,5-9H2,1-4H3. The van der Waals surface area contributed by atoms with Crippen LogP contribution in [0.3, 0.4) is 0 Å². The molecule has 3 unspecified atom stereocenters. The molecule has 3 heteroatoms. The summed E-state index contributed by atoms with van der Waals surface area (Å²) in [6, 6.07) is 0.615. The minimum absolute atomic E-state index is 0.423. The van der Waals surface area contributed by atoms with Gasteiger partial charge in [0.25, 0.3) is 0 Å². The highest BCUT2D eigenvalue weighted by Crippen LogP contribution is 2.11. The van der Waals surface area contributed by atoms with Gasteiger partial charge < -0.3 is 15.0 Å². The molecule has 0 bridgehead atoms. The van der Waals surface area contributed by atoms with Gasteiger partial charge in [0.2, 0.25) is 0 Å². The molecular weight excluding hydrogens is 188 g/mol. The summed E-state index contributed by atoms with van der Waals surface area (Å²) in [7, 11) is 4.02. The van der Waals surface area contributed by atoms with Crippen molar-refractivity contribution in [3.63, 3.8) is 0 Å². The largest absolute Gasteiger partial charge is 0.380 e. The van der Waals surface area contributed by atoms with Crippen molar-refractivity contribution in [3.8, 4) is 0 Å². The number of ether oxygens (including phenoxy) is 1. The molecule has 1 N–H and O–H groups in total.